The van der Waals surface area contributed by atoms with Crippen molar-refractivity contribution in [3.63, 3.8) is 0 Å². The highest BCUT2D eigenvalue weighted by molar-refractivity contribution is 5.74. The van der Waals surface area contributed by atoms with Gasteiger partial charge in [0.2, 0.25) is 0 Å². The van der Waals surface area contributed by atoms with Gasteiger partial charge in [-0.05, 0) is 34.9 Å². The second-order valence-electron chi connectivity index (χ2n) is 5.39. The van der Waals surface area contributed by atoms with Crippen molar-refractivity contribution in [3.8, 4) is 0 Å². The summed E-state index contributed by atoms with van der Waals surface area (Å²) >= 11 is 0. The van der Waals surface area contributed by atoms with E-state index < -0.39 is 30.6 Å². The van der Waals surface area contributed by atoms with Gasteiger partial charge in [-0.15, -0.1) is 0 Å². The number of rotatable bonds is 5. The molecule has 142 valence electrons. The van der Waals surface area contributed by atoms with Gasteiger partial charge in [0.25, 0.3) is 0 Å². The predicted octanol–water partition coefficient (Wildman–Crippen LogP) is 0.762. The molecule has 0 aliphatic heterocycles. The lowest BCUT2D eigenvalue weighted by atomic mass is 9.94. The van der Waals surface area contributed by atoms with Gasteiger partial charge in [0.15, 0.2) is 0 Å². The number of carboxylic acid groups (broad SMARTS) is 2. The van der Waals surface area contributed by atoms with Gasteiger partial charge < -0.3 is 30.1 Å². The molecule has 0 heterocycles. The van der Waals surface area contributed by atoms with Crippen LogP contribution < -0.4 is 0 Å². The third kappa shape index (κ3) is 26.0. The van der Waals surface area contributed by atoms with Crippen molar-refractivity contribution in [1.29, 1.82) is 0 Å². The van der Waals surface area contributed by atoms with E-state index in [2.05, 4.69) is 37.6 Å². The number of carboxylic acids is 2. The topological polar surface area (TPSA) is 128 Å². The van der Waals surface area contributed by atoms with Crippen LogP contribution in [0, 0.1) is 5.41 Å². The number of ether oxygens (including phenoxy) is 1. The van der Waals surface area contributed by atoms with Gasteiger partial charge in [-0.3, -0.25) is 9.59 Å². The molecule has 0 rings (SSSR count). The minimum Gasteiger partial charge on any atom is -0.481 e. The van der Waals surface area contributed by atoms with Gasteiger partial charge in [-0.1, -0.05) is 6.92 Å². The van der Waals surface area contributed by atoms with E-state index >= 15 is 0 Å². The summed E-state index contributed by atoms with van der Waals surface area (Å²) in [6, 6.07) is 0.685. The lowest BCUT2D eigenvalue weighted by molar-refractivity contribution is -0.152. The first-order chi connectivity index (χ1) is 10.4. The number of carbonyl (C=O) groups is 2. The first-order valence-corrected chi connectivity index (χ1v) is 7.13. The Bertz CT molecular complexity index is 271. The molecule has 0 amide bonds. The maximum atomic E-state index is 10.2. The van der Waals surface area contributed by atoms with Crippen molar-refractivity contribution in [2.45, 2.75) is 40.2 Å². The number of aliphatic carboxylic acids is 2. The molecule has 0 aliphatic carbocycles. The third-order valence-electron chi connectivity index (χ3n) is 2.55. The van der Waals surface area contributed by atoms with E-state index in [1.165, 1.54) is 6.92 Å². The molecule has 23 heavy (non-hydrogen) atoms. The Morgan fingerprint density at radius 3 is 1.30 bits per heavy atom. The molecule has 0 aromatic rings. The zero-order valence-corrected chi connectivity index (χ0v) is 15.7. The fraction of sp³-hybridized carbons (Fsp3) is 0.867. The number of aliphatic hydroxyl groups excluding tert-OH is 2. The highest BCUT2D eigenvalue weighted by Gasteiger charge is 2.31. The fourth-order valence-electron chi connectivity index (χ4n) is 0.185. The number of aliphatic hydroxyl groups is 2. The monoisotopic (exact) mass is 341 g/mol. The van der Waals surface area contributed by atoms with Crippen molar-refractivity contribution in [1.82, 2.24) is 4.90 Å². The summed E-state index contributed by atoms with van der Waals surface area (Å²) in [6.07, 6.45) is 0.222. The van der Waals surface area contributed by atoms with Crippen LogP contribution in [-0.2, 0) is 14.3 Å². The lowest BCUT2D eigenvalue weighted by Gasteiger charge is -2.17. The number of hydrogen-bond acceptors (Lipinski definition) is 6. The van der Waals surface area contributed by atoms with Crippen LogP contribution >= 0.6 is 0 Å². The Morgan fingerprint density at radius 2 is 1.30 bits per heavy atom. The SMILES string of the molecule is CC(C)N(C)C.CC(CO)(CO)C(=O)O.CCC(=O)O.COC. The zero-order chi connectivity index (χ0) is 19.6. The Morgan fingerprint density at radius 1 is 1.09 bits per heavy atom. The van der Waals surface area contributed by atoms with Crippen molar-refractivity contribution >= 4 is 11.9 Å². The molecule has 0 saturated heterocycles. The summed E-state index contributed by atoms with van der Waals surface area (Å²) in [4.78, 5) is 21.7. The molecule has 0 aromatic carbocycles. The van der Waals surface area contributed by atoms with Crippen molar-refractivity contribution < 1.29 is 34.8 Å². The summed E-state index contributed by atoms with van der Waals surface area (Å²) in [5, 5.41) is 32.9. The summed E-state index contributed by atoms with van der Waals surface area (Å²) in [5.74, 6) is -1.93. The van der Waals surface area contributed by atoms with Crippen molar-refractivity contribution in [3.05, 3.63) is 0 Å². The van der Waals surface area contributed by atoms with E-state index in [-0.39, 0.29) is 6.42 Å². The zero-order valence-electron chi connectivity index (χ0n) is 15.7. The molecule has 0 aliphatic rings. The molecule has 0 unspecified atom stereocenters. The minimum atomic E-state index is -1.39. The molecule has 0 atom stereocenters. The predicted molar refractivity (Wildman–Crippen MR) is 89.6 cm³/mol. The maximum absolute atomic E-state index is 10.2. The normalized spacial score (nSPS) is 9.74. The second-order valence-corrected chi connectivity index (χ2v) is 5.39. The van der Waals surface area contributed by atoms with Crippen molar-refractivity contribution in [2.75, 3.05) is 41.5 Å². The number of nitrogens with zero attached hydrogens (tertiary/aromatic N) is 1. The highest BCUT2D eigenvalue weighted by atomic mass is 16.4. The van der Waals surface area contributed by atoms with E-state index in [0.29, 0.717) is 6.04 Å². The Kier molecular flexibility index (Phi) is 24.4. The number of methoxy groups -OCH3 is 1. The van der Waals surface area contributed by atoms with Gasteiger partial charge in [0.05, 0.1) is 13.2 Å². The second kappa shape index (κ2) is 18.8. The number of hydrogen-bond donors (Lipinski definition) is 4. The van der Waals surface area contributed by atoms with Crippen LogP contribution in [0.15, 0.2) is 0 Å². The molecule has 0 saturated carbocycles. The Labute approximate surface area is 139 Å². The minimum absolute atomic E-state index is 0.222. The molecular formula is C15H35NO7. The van der Waals surface area contributed by atoms with Crippen LogP contribution in [0.1, 0.15) is 34.1 Å². The first kappa shape index (κ1) is 29.7. The molecule has 0 spiro atoms. The molecule has 0 fully saturated rings. The van der Waals surface area contributed by atoms with E-state index in [1.54, 1.807) is 21.1 Å². The standard InChI is InChI=1S/C5H13N.C5H10O4.C3H6O2.C2H6O/c1-5(2)6(3)4;1-5(2-6,3-7)4(8)9;1-2-3(4)5;1-3-2/h5H,1-4H3;6-7H,2-3H2,1H3,(H,8,9);2H2,1H3,(H,4,5);1-2H3. The molecule has 0 bridgehead atoms. The molecule has 0 aromatic heterocycles. The molecule has 0 radical (unpaired) electrons. The molecular weight excluding hydrogens is 306 g/mol. The van der Waals surface area contributed by atoms with Crippen molar-refractivity contribution in [2.24, 2.45) is 5.41 Å². The fourth-order valence-corrected chi connectivity index (χ4v) is 0.185. The first-order valence-electron chi connectivity index (χ1n) is 7.13. The highest BCUT2D eigenvalue weighted by Crippen LogP contribution is 2.12. The quantitative estimate of drug-likeness (QED) is 0.577. The van der Waals surface area contributed by atoms with E-state index in [0.717, 1.165) is 0 Å². The average Bonchev–Trinajstić information content (AvgIpc) is 2.48. The van der Waals surface area contributed by atoms with Crippen LogP contribution in [0.3, 0.4) is 0 Å². The summed E-state index contributed by atoms with van der Waals surface area (Å²) in [5.41, 5.74) is -1.39. The van der Waals surface area contributed by atoms with Crippen LogP contribution in [0.25, 0.3) is 0 Å². The van der Waals surface area contributed by atoms with Crippen LogP contribution in [-0.4, -0.2) is 84.8 Å². The maximum Gasteiger partial charge on any atom is 0.314 e. The molecule has 8 nitrogen and oxygen atoms in total. The lowest BCUT2D eigenvalue weighted by Crippen LogP contribution is -2.35. The largest absolute Gasteiger partial charge is 0.481 e. The van der Waals surface area contributed by atoms with Crippen LogP contribution in [0.5, 0.6) is 0 Å². The summed E-state index contributed by atoms with van der Waals surface area (Å²) in [7, 11) is 7.40. The van der Waals surface area contributed by atoms with Crippen LogP contribution in [0.2, 0.25) is 0 Å². The Hall–Kier alpha value is -1.22. The smallest absolute Gasteiger partial charge is 0.314 e. The van der Waals surface area contributed by atoms with Gasteiger partial charge in [0, 0.05) is 26.7 Å². The summed E-state index contributed by atoms with van der Waals surface area (Å²) < 4.78 is 4.25. The van der Waals surface area contributed by atoms with E-state index in [9.17, 15) is 9.59 Å². The summed E-state index contributed by atoms with van der Waals surface area (Å²) in [6.45, 7) is 6.12. The van der Waals surface area contributed by atoms with Crippen LogP contribution in [0.4, 0.5) is 0 Å². The third-order valence-corrected chi connectivity index (χ3v) is 2.55. The average molecular weight is 341 g/mol. The molecule has 8 heteroatoms. The van der Waals surface area contributed by atoms with E-state index in [1.807, 2.05) is 0 Å². The Balaban J connectivity index is -0.000000113. The van der Waals surface area contributed by atoms with Gasteiger partial charge in [-0.2, -0.15) is 0 Å². The van der Waals surface area contributed by atoms with E-state index in [4.69, 9.17) is 20.4 Å². The molecule has 4 N–H and O–H groups in total. The van der Waals surface area contributed by atoms with Gasteiger partial charge in [0.1, 0.15) is 5.41 Å². The van der Waals surface area contributed by atoms with Gasteiger partial charge in [-0.25, -0.2) is 0 Å². The van der Waals surface area contributed by atoms with Gasteiger partial charge >= 0.3 is 11.9 Å².